The molecule has 1 saturated heterocycles. The van der Waals surface area contributed by atoms with Crippen LogP contribution in [0.15, 0.2) is 24.3 Å². The molecule has 112 valence electrons. The van der Waals surface area contributed by atoms with Crippen molar-refractivity contribution in [2.24, 2.45) is 0 Å². The number of nitrogens with one attached hydrogen (secondary N) is 1. The molecule has 0 aromatic heterocycles. The molecule has 0 spiro atoms. The second kappa shape index (κ2) is 8.82. The highest BCUT2D eigenvalue weighted by Gasteiger charge is 2.09. The molecule has 2 rings (SSSR count). The molecular weight excluding hydrogens is 252 g/mol. The van der Waals surface area contributed by atoms with Crippen LogP contribution in [0.1, 0.15) is 19.3 Å². The van der Waals surface area contributed by atoms with Crippen LogP contribution in [0.5, 0.6) is 11.5 Å². The molecule has 4 heteroatoms. The standard InChI is InChI=1S/C16H26N2O2/c1-19-15-5-7-16(8-6-15)20-14-10-17-9-4-13-18-11-2-3-12-18/h5-8,17H,2-4,9-14H2,1H3. The summed E-state index contributed by atoms with van der Waals surface area (Å²) in [6.45, 7) is 6.48. The first-order valence-corrected chi connectivity index (χ1v) is 7.58. The Kier molecular flexibility index (Phi) is 6.68. The van der Waals surface area contributed by atoms with Crippen molar-refractivity contribution in [2.45, 2.75) is 19.3 Å². The summed E-state index contributed by atoms with van der Waals surface area (Å²) in [4.78, 5) is 2.55. The zero-order valence-corrected chi connectivity index (χ0v) is 12.4. The van der Waals surface area contributed by atoms with Crippen LogP contribution in [-0.2, 0) is 0 Å². The normalized spacial score (nSPS) is 15.4. The Morgan fingerprint density at radius 1 is 1.05 bits per heavy atom. The van der Waals surface area contributed by atoms with Crippen LogP contribution in [0.4, 0.5) is 0 Å². The van der Waals surface area contributed by atoms with Gasteiger partial charge in [-0.1, -0.05) is 0 Å². The lowest BCUT2D eigenvalue weighted by atomic mass is 10.3. The minimum atomic E-state index is 0.704. The first-order valence-electron chi connectivity index (χ1n) is 7.58. The van der Waals surface area contributed by atoms with E-state index in [1.165, 1.54) is 38.9 Å². The molecule has 1 fully saturated rings. The molecule has 0 amide bonds. The highest BCUT2D eigenvalue weighted by Crippen LogP contribution is 2.16. The molecule has 0 unspecified atom stereocenters. The van der Waals surface area contributed by atoms with Crippen molar-refractivity contribution in [3.8, 4) is 11.5 Å². The van der Waals surface area contributed by atoms with Gasteiger partial charge < -0.3 is 19.7 Å². The highest BCUT2D eigenvalue weighted by molar-refractivity contribution is 5.31. The maximum Gasteiger partial charge on any atom is 0.119 e. The first-order chi connectivity index (χ1) is 9.88. The second-order valence-corrected chi connectivity index (χ2v) is 5.18. The smallest absolute Gasteiger partial charge is 0.119 e. The van der Waals surface area contributed by atoms with Gasteiger partial charge in [0, 0.05) is 6.54 Å². The van der Waals surface area contributed by atoms with Gasteiger partial charge in [0.1, 0.15) is 18.1 Å². The van der Waals surface area contributed by atoms with Gasteiger partial charge in [-0.05, 0) is 69.7 Å². The fraction of sp³-hybridized carbons (Fsp3) is 0.625. The topological polar surface area (TPSA) is 33.7 Å². The zero-order valence-electron chi connectivity index (χ0n) is 12.4. The lowest BCUT2D eigenvalue weighted by Crippen LogP contribution is -2.27. The molecule has 1 heterocycles. The van der Waals surface area contributed by atoms with Crippen molar-refractivity contribution in [1.29, 1.82) is 0 Å². The van der Waals surface area contributed by atoms with Crippen LogP contribution in [0.2, 0.25) is 0 Å². The molecular formula is C16H26N2O2. The van der Waals surface area contributed by atoms with Crippen molar-refractivity contribution in [3.05, 3.63) is 24.3 Å². The highest BCUT2D eigenvalue weighted by atomic mass is 16.5. The first kappa shape index (κ1) is 15.1. The summed E-state index contributed by atoms with van der Waals surface area (Å²) in [7, 11) is 1.67. The summed E-state index contributed by atoms with van der Waals surface area (Å²) in [6, 6.07) is 7.70. The maximum atomic E-state index is 5.66. The molecule has 0 saturated carbocycles. The van der Waals surface area contributed by atoms with Gasteiger partial charge in [0.15, 0.2) is 0 Å². The van der Waals surface area contributed by atoms with Gasteiger partial charge in [-0.25, -0.2) is 0 Å². The van der Waals surface area contributed by atoms with Crippen LogP contribution in [-0.4, -0.2) is 51.3 Å². The predicted molar refractivity (Wildman–Crippen MR) is 81.6 cm³/mol. The van der Waals surface area contributed by atoms with E-state index in [4.69, 9.17) is 9.47 Å². The molecule has 0 atom stereocenters. The van der Waals surface area contributed by atoms with E-state index in [1.807, 2.05) is 24.3 Å². The Hall–Kier alpha value is -1.26. The summed E-state index contributed by atoms with van der Waals surface area (Å²) >= 11 is 0. The predicted octanol–water partition coefficient (Wildman–Crippen LogP) is 2.15. The van der Waals surface area contributed by atoms with E-state index in [9.17, 15) is 0 Å². The van der Waals surface area contributed by atoms with Crippen molar-refractivity contribution < 1.29 is 9.47 Å². The van der Waals surface area contributed by atoms with Crippen LogP contribution in [0.3, 0.4) is 0 Å². The average molecular weight is 278 g/mol. The lowest BCUT2D eigenvalue weighted by Gasteiger charge is -2.14. The quantitative estimate of drug-likeness (QED) is 0.702. The van der Waals surface area contributed by atoms with Crippen LogP contribution >= 0.6 is 0 Å². The summed E-state index contributed by atoms with van der Waals surface area (Å²) in [6.07, 6.45) is 3.98. The number of hydrogen-bond acceptors (Lipinski definition) is 4. The van der Waals surface area contributed by atoms with E-state index >= 15 is 0 Å². The van der Waals surface area contributed by atoms with E-state index < -0.39 is 0 Å². The Labute approximate surface area is 122 Å². The van der Waals surface area contributed by atoms with Gasteiger partial charge in [-0.3, -0.25) is 0 Å². The number of rotatable bonds is 9. The Morgan fingerprint density at radius 2 is 1.75 bits per heavy atom. The summed E-state index contributed by atoms with van der Waals surface area (Å²) < 4.78 is 10.8. The molecule has 1 aromatic rings. The van der Waals surface area contributed by atoms with E-state index in [0.29, 0.717) is 6.61 Å². The van der Waals surface area contributed by atoms with E-state index in [2.05, 4.69) is 10.2 Å². The number of nitrogens with zero attached hydrogens (tertiary/aromatic N) is 1. The van der Waals surface area contributed by atoms with Gasteiger partial charge in [0.2, 0.25) is 0 Å². The third-order valence-electron chi connectivity index (χ3n) is 3.63. The number of methoxy groups -OCH3 is 1. The van der Waals surface area contributed by atoms with Gasteiger partial charge in [-0.2, -0.15) is 0 Å². The summed E-state index contributed by atoms with van der Waals surface area (Å²) in [5.41, 5.74) is 0. The van der Waals surface area contributed by atoms with Gasteiger partial charge in [0.25, 0.3) is 0 Å². The summed E-state index contributed by atoms with van der Waals surface area (Å²) in [5.74, 6) is 1.75. The van der Waals surface area contributed by atoms with Crippen LogP contribution in [0, 0.1) is 0 Å². The molecule has 1 N–H and O–H groups in total. The van der Waals surface area contributed by atoms with Crippen LogP contribution < -0.4 is 14.8 Å². The molecule has 20 heavy (non-hydrogen) atoms. The monoisotopic (exact) mass is 278 g/mol. The Bertz CT molecular complexity index is 361. The van der Waals surface area contributed by atoms with Crippen molar-refractivity contribution in [2.75, 3.05) is 46.4 Å². The second-order valence-electron chi connectivity index (χ2n) is 5.18. The number of likely N-dealkylation sites (tertiary alicyclic amines) is 1. The molecule has 0 bridgehead atoms. The van der Waals surface area contributed by atoms with Gasteiger partial charge in [-0.15, -0.1) is 0 Å². The third kappa shape index (κ3) is 5.39. The largest absolute Gasteiger partial charge is 0.497 e. The Balaban J connectivity index is 1.46. The van der Waals surface area contributed by atoms with Crippen LogP contribution in [0.25, 0.3) is 0 Å². The van der Waals surface area contributed by atoms with Crippen molar-refractivity contribution in [3.63, 3.8) is 0 Å². The molecule has 0 aliphatic carbocycles. The lowest BCUT2D eigenvalue weighted by molar-refractivity contribution is 0.304. The SMILES string of the molecule is COc1ccc(OCCNCCCN2CCCC2)cc1. The molecule has 1 aliphatic heterocycles. The molecule has 4 nitrogen and oxygen atoms in total. The van der Waals surface area contributed by atoms with Crippen molar-refractivity contribution >= 4 is 0 Å². The fourth-order valence-electron chi connectivity index (χ4n) is 2.47. The van der Waals surface area contributed by atoms with Gasteiger partial charge in [0.05, 0.1) is 7.11 Å². The Morgan fingerprint density at radius 3 is 2.45 bits per heavy atom. The maximum absolute atomic E-state index is 5.66. The van der Waals surface area contributed by atoms with Crippen molar-refractivity contribution in [1.82, 2.24) is 10.2 Å². The minimum Gasteiger partial charge on any atom is -0.497 e. The number of hydrogen-bond donors (Lipinski definition) is 1. The van der Waals surface area contributed by atoms with E-state index in [-0.39, 0.29) is 0 Å². The van der Waals surface area contributed by atoms with E-state index in [1.54, 1.807) is 7.11 Å². The van der Waals surface area contributed by atoms with Gasteiger partial charge >= 0.3 is 0 Å². The average Bonchev–Trinajstić information content (AvgIpc) is 3.00. The molecule has 1 aliphatic rings. The number of benzene rings is 1. The molecule has 1 aromatic carbocycles. The fourth-order valence-corrected chi connectivity index (χ4v) is 2.47. The molecule has 0 radical (unpaired) electrons. The number of ether oxygens (including phenoxy) is 2. The minimum absolute atomic E-state index is 0.704. The summed E-state index contributed by atoms with van der Waals surface area (Å²) in [5, 5.41) is 3.43. The van der Waals surface area contributed by atoms with E-state index in [0.717, 1.165) is 24.6 Å². The zero-order chi connectivity index (χ0) is 14.0. The third-order valence-corrected chi connectivity index (χ3v) is 3.63.